The van der Waals surface area contributed by atoms with E-state index in [4.69, 9.17) is 14.0 Å². The van der Waals surface area contributed by atoms with Gasteiger partial charge in [-0.25, -0.2) is 0 Å². The quantitative estimate of drug-likeness (QED) is 0.479. The fourth-order valence-electron chi connectivity index (χ4n) is 3.24. The molecule has 1 aliphatic rings. The summed E-state index contributed by atoms with van der Waals surface area (Å²) >= 11 is 0. The van der Waals surface area contributed by atoms with E-state index in [0.29, 0.717) is 13.2 Å². The third kappa shape index (κ3) is 6.15. The molecule has 29 heavy (non-hydrogen) atoms. The molecule has 0 aromatic heterocycles. The third-order valence-corrected chi connectivity index (χ3v) is 10.0. The largest absolute Gasteiger partial charge is 0.497 e. The number of benzene rings is 1. The van der Waals surface area contributed by atoms with Crippen molar-refractivity contribution in [1.29, 1.82) is 0 Å². The molecule has 6 heteroatoms. The Kier molecular flexibility index (Phi) is 7.73. The van der Waals surface area contributed by atoms with Crippen LogP contribution in [0.1, 0.15) is 47.1 Å². The SMILES string of the molecule is CCOC1=CC(C)(C)O[C@H](CO)[C@@H]1N(Cc1ccccc1)O[Si](C)(C)C(C)(C)C. The maximum absolute atomic E-state index is 10.2. The molecule has 1 N–H and O–H groups in total. The van der Waals surface area contributed by atoms with E-state index in [2.05, 4.69) is 46.0 Å². The summed E-state index contributed by atoms with van der Waals surface area (Å²) in [7, 11) is -2.13. The van der Waals surface area contributed by atoms with Crippen molar-refractivity contribution in [2.75, 3.05) is 13.2 Å². The molecule has 0 saturated heterocycles. The zero-order valence-electron chi connectivity index (χ0n) is 19.4. The first kappa shape index (κ1) is 24.1. The van der Waals surface area contributed by atoms with E-state index in [1.807, 2.05) is 50.1 Å². The van der Waals surface area contributed by atoms with Gasteiger partial charge >= 0.3 is 0 Å². The molecule has 164 valence electrons. The molecule has 2 atom stereocenters. The number of hydrogen-bond donors (Lipinski definition) is 1. The Morgan fingerprint density at radius 2 is 1.79 bits per heavy atom. The molecule has 1 heterocycles. The summed E-state index contributed by atoms with van der Waals surface area (Å²) in [5, 5.41) is 12.2. The van der Waals surface area contributed by atoms with Crippen molar-refractivity contribution in [2.45, 2.75) is 84.0 Å². The number of aliphatic hydroxyl groups excluding tert-OH is 1. The van der Waals surface area contributed by atoms with Crippen molar-refractivity contribution in [3.05, 3.63) is 47.7 Å². The van der Waals surface area contributed by atoms with Crippen LogP contribution in [-0.2, 0) is 20.5 Å². The van der Waals surface area contributed by atoms with Gasteiger partial charge in [0.2, 0.25) is 8.32 Å². The van der Waals surface area contributed by atoms with Crippen molar-refractivity contribution in [3.63, 3.8) is 0 Å². The van der Waals surface area contributed by atoms with Gasteiger partial charge in [-0.15, -0.1) is 0 Å². The van der Waals surface area contributed by atoms with E-state index >= 15 is 0 Å². The summed E-state index contributed by atoms with van der Waals surface area (Å²) in [6.07, 6.45) is 1.57. The Morgan fingerprint density at radius 1 is 1.17 bits per heavy atom. The van der Waals surface area contributed by atoms with Gasteiger partial charge in [0, 0.05) is 6.54 Å². The number of rotatable bonds is 8. The molecule has 5 nitrogen and oxygen atoms in total. The molecule has 0 amide bonds. The second-order valence-electron chi connectivity index (χ2n) is 9.78. The van der Waals surface area contributed by atoms with Crippen LogP contribution in [0.5, 0.6) is 0 Å². The number of hydroxylamine groups is 2. The molecule has 0 unspecified atom stereocenters. The summed E-state index contributed by atoms with van der Waals surface area (Å²) < 4.78 is 19.0. The zero-order chi connectivity index (χ0) is 21.9. The van der Waals surface area contributed by atoms with E-state index in [1.54, 1.807) is 0 Å². The van der Waals surface area contributed by atoms with Gasteiger partial charge in [-0.05, 0) is 50.5 Å². The Hall–Kier alpha value is -1.18. The summed E-state index contributed by atoms with van der Waals surface area (Å²) in [6, 6.07) is 9.94. The van der Waals surface area contributed by atoms with E-state index in [9.17, 15) is 5.11 Å². The lowest BCUT2D eigenvalue weighted by Crippen LogP contribution is -2.57. The maximum Gasteiger partial charge on any atom is 0.220 e. The standard InChI is InChI=1S/C23H39NO4Si/c1-9-26-19-15-23(5,6)27-20(17-25)21(19)24(16-18-13-11-10-12-14-18)28-29(7,8)22(2,3)4/h10-15,20-21,25H,9,16-17H2,1-8H3/t20-,21-/m1/s1. The Bertz CT molecular complexity index is 682. The molecule has 0 bridgehead atoms. The van der Waals surface area contributed by atoms with Crippen LogP contribution in [-0.4, -0.2) is 49.4 Å². The lowest BCUT2D eigenvalue weighted by Gasteiger charge is -2.47. The molecule has 1 aromatic carbocycles. The van der Waals surface area contributed by atoms with Crippen LogP contribution < -0.4 is 0 Å². The zero-order valence-corrected chi connectivity index (χ0v) is 20.4. The van der Waals surface area contributed by atoms with E-state index < -0.39 is 20.0 Å². The van der Waals surface area contributed by atoms with E-state index in [0.717, 1.165) is 11.3 Å². The van der Waals surface area contributed by atoms with Crippen molar-refractivity contribution >= 4 is 8.32 Å². The first-order valence-corrected chi connectivity index (χ1v) is 13.4. The highest BCUT2D eigenvalue weighted by Crippen LogP contribution is 2.40. The van der Waals surface area contributed by atoms with Crippen LogP contribution in [0.2, 0.25) is 18.1 Å². The minimum absolute atomic E-state index is 0.0426. The van der Waals surface area contributed by atoms with Crippen molar-refractivity contribution < 1.29 is 19.1 Å². The minimum Gasteiger partial charge on any atom is -0.497 e. The molecule has 1 aliphatic heterocycles. The molecule has 0 saturated carbocycles. The fourth-order valence-corrected chi connectivity index (χ4v) is 4.28. The normalized spacial score (nSPS) is 22.5. The Labute approximate surface area is 177 Å². The lowest BCUT2D eigenvalue weighted by molar-refractivity contribution is -0.192. The Balaban J connectivity index is 2.48. The van der Waals surface area contributed by atoms with Gasteiger partial charge in [0.05, 0.1) is 18.8 Å². The average molecular weight is 422 g/mol. The van der Waals surface area contributed by atoms with Crippen LogP contribution in [0.4, 0.5) is 0 Å². The van der Waals surface area contributed by atoms with Crippen molar-refractivity contribution in [3.8, 4) is 0 Å². The van der Waals surface area contributed by atoms with Gasteiger partial charge in [0.15, 0.2) is 0 Å². The van der Waals surface area contributed by atoms with Crippen molar-refractivity contribution in [1.82, 2.24) is 5.06 Å². The second-order valence-corrected chi connectivity index (χ2v) is 14.5. The predicted octanol–water partition coefficient (Wildman–Crippen LogP) is 4.88. The van der Waals surface area contributed by atoms with Crippen LogP contribution in [0.25, 0.3) is 0 Å². The van der Waals surface area contributed by atoms with Crippen LogP contribution in [0, 0.1) is 0 Å². The van der Waals surface area contributed by atoms with Crippen molar-refractivity contribution in [2.24, 2.45) is 0 Å². The number of ether oxygens (including phenoxy) is 2. The summed E-state index contributed by atoms with van der Waals surface area (Å²) in [5.41, 5.74) is 0.632. The number of hydrogen-bond acceptors (Lipinski definition) is 5. The van der Waals surface area contributed by atoms with Crippen LogP contribution in [0.3, 0.4) is 0 Å². The monoisotopic (exact) mass is 421 g/mol. The molecular weight excluding hydrogens is 382 g/mol. The molecule has 1 aromatic rings. The molecule has 0 spiro atoms. The molecule has 0 fully saturated rings. The van der Waals surface area contributed by atoms with Gasteiger partial charge in [-0.2, -0.15) is 5.06 Å². The van der Waals surface area contributed by atoms with Gasteiger partial charge in [0.1, 0.15) is 17.9 Å². The maximum atomic E-state index is 10.2. The van der Waals surface area contributed by atoms with Gasteiger partial charge in [-0.1, -0.05) is 51.1 Å². The van der Waals surface area contributed by atoms with Crippen LogP contribution >= 0.6 is 0 Å². The van der Waals surface area contributed by atoms with Gasteiger partial charge in [-0.3, -0.25) is 0 Å². The average Bonchev–Trinajstić information content (AvgIpc) is 2.60. The van der Waals surface area contributed by atoms with E-state index in [1.165, 1.54) is 0 Å². The molecular formula is C23H39NO4Si. The molecule has 2 rings (SSSR count). The molecule has 0 aliphatic carbocycles. The van der Waals surface area contributed by atoms with E-state index in [-0.39, 0.29) is 17.7 Å². The van der Waals surface area contributed by atoms with Gasteiger partial charge < -0.3 is 19.1 Å². The topological polar surface area (TPSA) is 51.2 Å². The smallest absolute Gasteiger partial charge is 0.220 e. The number of aliphatic hydroxyl groups is 1. The summed E-state index contributed by atoms with van der Waals surface area (Å²) in [6.45, 7) is 18.1. The third-order valence-electron chi connectivity index (χ3n) is 5.72. The second kappa shape index (κ2) is 9.31. The first-order valence-electron chi connectivity index (χ1n) is 10.5. The summed E-state index contributed by atoms with van der Waals surface area (Å²) in [5.74, 6) is 0.803. The van der Waals surface area contributed by atoms with Crippen LogP contribution in [0.15, 0.2) is 42.2 Å². The highest BCUT2D eigenvalue weighted by atomic mass is 28.4. The highest BCUT2D eigenvalue weighted by molar-refractivity contribution is 6.74. The number of nitrogens with zero attached hydrogens (tertiary/aromatic N) is 1. The lowest BCUT2D eigenvalue weighted by atomic mass is 9.97. The minimum atomic E-state index is -2.13. The Morgan fingerprint density at radius 3 is 2.31 bits per heavy atom. The highest BCUT2D eigenvalue weighted by Gasteiger charge is 2.46. The molecule has 0 radical (unpaired) electrons. The first-order chi connectivity index (χ1) is 13.4. The predicted molar refractivity (Wildman–Crippen MR) is 120 cm³/mol. The summed E-state index contributed by atoms with van der Waals surface area (Å²) in [4.78, 5) is 0. The van der Waals surface area contributed by atoms with Gasteiger partial charge in [0.25, 0.3) is 0 Å². The fraction of sp³-hybridized carbons (Fsp3) is 0.652.